The Hall–Kier alpha value is -1.33. The molecule has 2 aliphatic heterocycles. The second kappa shape index (κ2) is 26.8. The first kappa shape index (κ1) is 37.1. The smallest absolute Gasteiger partial charge is 0.0701 e. The Bertz CT molecular complexity index is 702. The number of nitrogens with zero attached hydrogens (tertiary/aromatic N) is 3. The Labute approximate surface area is 263 Å². The number of hydrogen-bond donors (Lipinski definition) is 0. The zero-order chi connectivity index (χ0) is 30.6. The van der Waals surface area contributed by atoms with Gasteiger partial charge in [0.1, 0.15) is 0 Å². The van der Waals surface area contributed by atoms with Gasteiger partial charge in [0.2, 0.25) is 0 Å². The van der Waals surface area contributed by atoms with Gasteiger partial charge in [0.05, 0.1) is 144 Å². The number of hydrogen-bond acceptors (Lipinski definition) is 13. The molecule has 1 aromatic heterocycles. The normalized spacial score (nSPS) is 23.1. The highest BCUT2D eigenvalue weighted by Crippen LogP contribution is 2.08. The lowest BCUT2D eigenvalue weighted by molar-refractivity contribution is -0.0192. The van der Waals surface area contributed by atoms with Gasteiger partial charge in [-0.25, -0.2) is 0 Å². The summed E-state index contributed by atoms with van der Waals surface area (Å²) >= 11 is 0. The van der Waals surface area contributed by atoms with Gasteiger partial charge < -0.3 is 47.4 Å². The van der Waals surface area contributed by atoms with E-state index in [9.17, 15) is 0 Å². The molecule has 254 valence electrons. The van der Waals surface area contributed by atoms with E-state index in [1.165, 1.54) is 0 Å². The molecular weight excluding hydrogens is 574 g/mol. The van der Waals surface area contributed by atoms with E-state index in [0.717, 1.165) is 37.6 Å². The van der Waals surface area contributed by atoms with Crippen LogP contribution in [0.15, 0.2) is 18.2 Å². The maximum Gasteiger partial charge on any atom is 0.0701 e. The second-order valence-electron chi connectivity index (χ2n) is 10.3. The van der Waals surface area contributed by atoms with Crippen LogP contribution in [0.1, 0.15) is 11.4 Å². The van der Waals surface area contributed by atoms with Gasteiger partial charge in [0.15, 0.2) is 0 Å². The molecule has 0 amide bonds. The second-order valence-corrected chi connectivity index (χ2v) is 10.3. The molecule has 2 aliphatic rings. The fourth-order valence-corrected chi connectivity index (χ4v) is 4.44. The quantitative estimate of drug-likeness (QED) is 0.470. The molecule has 0 radical (unpaired) electrons. The molecule has 3 rings (SSSR count). The lowest BCUT2D eigenvalue weighted by atomic mass is 10.2. The monoisotopic (exact) mass is 629 g/mol. The maximum absolute atomic E-state index is 5.83. The minimum absolute atomic E-state index is 0.552. The van der Waals surface area contributed by atoms with Gasteiger partial charge in [-0.1, -0.05) is 6.07 Å². The van der Waals surface area contributed by atoms with Crippen molar-refractivity contribution in [2.24, 2.45) is 0 Å². The fourth-order valence-electron chi connectivity index (χ4n) is 4.44. The minimum atomic E-state index is 0.552. The summed E-state index contributed by atoms with van der Waals surface area (Å²) in [6.07, 6.45) is 0. The molecule has 0 aliphatic carbocycles. The number of ether oxygens (including phenoxy) is 10. The summed E-state index contributed by atoms with van der Waals surface area (Å²) in [6.45, 7) is 15.8. The number of rotatable bonds is 4. The summed E-state index contributed by atoms with van der Waals surface area (Å²) in [7, 11) is 0. The topological polar surface area (TPSA) is 112 Å². The van der Waals surface area contributed by atoms with Crippen molar-refractivity contribution in [3.63, 3.8) is 0 Å². The third kappa shape index (κ3) is 19.9. The standard InChI is InChI=1S/C31H55N3O10/c1-2-30(28-33-4-8-35-12-16-39-20-24-43-25-21-40-17-13-36-9-5-33)32-31(3-1)29-34-6-10-37-14-18-41-22-26-44-27-23-42-19-15-38-11-7-34/h1-3H,4-29H2. The zero-order valence-electron chi connectivity index (χ0n) is 26.5. The SMILES string of the molecule is c1cc(CN2CCOCCOCCOCCOCCOCC2)nc(CN2CCOCCOCCOCCOCCOCC2)c1. The van der Waals surface area contributed by atoms with Crippen LogP contribution in [0.3, 0.4) is 0 Å². The van der Waals surface area contributed by atoms with Gasteiger partial charge in [-0.05, 0) is 12.1 Å². The first-order chi connectivity index (χ1) is 21.9. The molecule has 0 atom stereocenters. The van der Waals surface area contributed by atoms with Crippen LogP contribution < -0.4 is 0 Å². The van der Waals surface area contributed by atoms with Crippen LogP contribution in [0.4, 0.5) is 0 Å². The van der Waals surface area contributed by atoms with Crippen LogP contribution in [0, 0.1) is 0 Å². The Balaban J connectivity index is 1.49. The highest BCUT2D eigenvalue weighted by molar-refractivity contribution is 5.11. The van der Waals surface area contributed by atoms with Crippen LogP contribution in [0.2, 0.25) is 0 Å². The molecule has 0 aromatic carbocycles. The minimum Gasteiger partial charge on any atom is -0.378 e. The van der Waals surface area contributed by atoms with E-state index in [0.29, 0.717) is 145 Å². The van der Waals surface area contributed by atoms with E-state index in [4.69, 9.17) is 52.4 Å². The molecule has 0 unspecified atom stereocenters. The third-order valence-corrected chi connectivity index (χ3v) is 6.82. The van der Waals surface area contributed by atoms with Crippen molar-refractivity contribution in [2.45, 2.75) is 13.1 Å². The van der Waals surface area contributed by atoms with Gasteiger partial charge >= 0.3 is 0 Å². The van der Waals surface area contributed by atoms with Crippen LogP contribution >= 0.6 is 0 Å². The van der Waals surface area contributed by atoms with Crippen LogP contribution in [0.25, 0.3) is 0 Å². The van der Waals surface area contributed by atoms with E-state index in [-0.39, 0.29) is 0 Å². The summed E-state index contributed by atoms with van der Waals surface area (Å²) < 4.78 is 56.6. The predicted molar refractivity (Wildman–Crippen MR) is 163 cm³/mol. The summed E-state index contributed by atoms with van der Waals surface area (Å²) in [5.41, 5.74) is 2.03. The summed E-state index contributed by atoms with van der Waals surface area (Å²) in [5, 5.41) is 0. The Kier molecular flexibility index (Phi) is 22.7. The first-order valence-corrected chi connectivity index (χ1v) is 16.1. The molecule has 2 saturated heterocycles. The molecule has 3 heterocycles. The van der Waals surface area contributed by atoms with Crippen molar-refractivity contribution in [1.29, 1.82) is 0 Å². The predicted octanol–water partition coefficient (Wildman–Crippen LogP) is 0.879. The van der Waals surface area contributed by atoms with Crippen LogP contribution in [-0.2, 0) is 60.5 Å². The summed E-state index contributed by atoms with van der Waals surface area (Å²) in [6, 6.07) is 6.24. The van der Waals surface area contributed by atoms with Crippen molar-refractivity contribution in [3.8, 4) is 0 Å². The van der Waals surface area contributed by atoms with Crippen molar-refractivity contribution in [2.75, 3.05) is 158 Å². The molecule has 44 heavy (non-hydrogen) atoms. The molecule has 0 N–H and O–H groups in total. The highest BCUT2D eigenvalue weighted by Gasteiger charge is 2.12. The molecule has 2 fully saturated rings. The molecule has 0 saturated carbocycles. The van der Waals surface area contributed by atoms with Gasteiger partial charge in [-0.2, -0.15) is 0 Å². The molecule has 13 heteroatoms. The van der Waals surface area contributed by atoms with Crippen LogP contribution in [0.5, 0.6) is 0 Å². The Morgan fingerprint density at radius 3 is 0.841 bits per heavy atom. The number of pyridine rings is 1. The van der Waals surface area contributed by atoms with Crippen molar-refractivity contribution in [3.05, 3.63) is 29.6 Å². The van der Waals surface area contributed by atoms with Gasteiger partial charge in [0.25, 0.3) is 0 Å². The molecule has 1 aromatic rings. The first-order valence-electron chi connectivity index (χ1n) is 16.1. The van der Waals surface area contributed by atoms with Crippen molar-refractivity contribution < 1.29 is 47.4 Å². The van der Waals surface area contributed by atoms with E-state index < -0.39 is 0 Å². The van der Waals surface area contributed by atoms with Crippen LogP contribution in [-0.4, -0.2) is 173 Å². The summed E-state index contributed by atoms with van der Waals surface area (Å²) in [5.74, 6) is 0. The fraction of sp³-hybridized carbons (Fsp3) is 0.839. The van der Waals surface area contributed by atoms with E-state index in [2.05, 4.69) is 28.0 Å². The Morgan fingerprint density at radius 1 is 0.364 bits per heavy atom. The maximum atomic E-state index is 5.83. The largest absolute Gasteiger partial charge is 0.378 e. The van der Waals surface area contributed by atoms with Crippen molar-refractivity contribution >= 4 is 0 Å². The van der Waals surface area contributed by atoms with E-state index in [1.807, 2.05) is 0 Å². The molecular formula is C31H55N3O10. The molecule has 13 nitrogen and oxygen atoms in total. The number of aromatic nitrogens is 1. The van der Waals surface area contributed by atoms with E-state index in [1.54, 1.807) is 0 Å². The average molecular weight is 630 g/mol. The molecule has 0 bridgehead atoms. The average Bonchev–Trinajstić information content (AvgIpc) is 3.03. The summed E-state index contributed by atoms with van der Waals surface area (Å²) in [4.78, 5) is 9.65. The highest BCUT2D eigenvalue weighted by atomic mass is 16.6. The third-order valence-electron chi connectivity index (χ3n) is 6.82. The lowest BCUT2D eigenvalue weighted by Gasteiger charge is -2.24. The Morgan fingerprint density at radius 2 is 0.591 bits per heavy atom. The molecule has 0 spiro atoms. The van der Waals surface area contributed by atoms with Crippen molar-refractivity contribution in [1.82, 2.24) is 14.8 Å². The van der Waals surface area contributed by atoms with Gasteiger partial charge in [-0.3, -0.25) is 14.8 Å². The lowest BCUT2D eigenvalue weighted by Crippen LogP contribution is -2.33. The van der Waals surface area contributed by atoms with Gasteiger partial charge in [0, 0.05) is 39.3 Å². The van der Waals surface area contributed by atoms with E-state index >= 15 is 0 Å². The van der Waals surface area contributed by atoms with Gasteiger partial charge in [-0.15, -0.1) is 0 Å². The zero-order valence-corrected chi connectivity index (χ0v) is 26.5.